The number of aromatic nitrogens is 1. The summed E-state index contributed by atoms with van der Waals surface area (Å²) >= 11 is 0. The first kappa shape index (κ1) is 12.5. The lowest BCUT2D eigenvalue weighted by atomic mass is 10.1. The Labute approximate surface area is 117 Å². The second kappa shape index (κ2) is 5.65. The van der Waals surface area contributed by atoms with Crippen LogP contribution in [-0.4, -0.2) is 17.1 Å². The number of hydrazone groups is 1. The first-order valence-corrected chi connectivity index (χ1v) is 6.62. The lowest BCUT2D eigenvalue weighted by molar-refractivity contribution is -0.122. The van der Waals surface area contributed by atoms with Gasteiger partial charge in [0, 0.05) is 18.3 Å². The van der Waals surface area contributed by atoms with E-state index in [9.17, 15) is 4.79 Å². The predicted molar refractivity (Wildman–Crippen MR) is 77.3 cm³/mol. The fourth-order valence-electron chi connectivity index (χ4n) is 2.26. The van der Waals surface area contributed by atoms with Crippen molar-refractivity contribution in [3.8, 4) is 0 Å². The molecule has 4 heteroatoms. The van der Waals surface area contributed by atoms with Crippen molar-refractivity contribution in [3.05, 3.63) is 66.0 Å². The molecule has 1 aromatic carbocycles. The van der Waals surface area contributed by atoms with E-state index in [1.165, 1.54) is 5.56 Å². The fourth-order valence-corrected chi connectivity index (χ4v) is 2.26. The van der Waals surface area contributed by atoms with Crippen molar-refractivity contribution in [1.29, 1.82) is 0 Å². The number of carbonyl (C=O) groups excluding carboxylic acids is 1. The SMILES string of the molecule is O=C(NN=Cc1ccncc1)[C@H]1C[C@H]1c1ccccc1. The monoisotopic (exact) mass is 265 g/mol. The number of carbonyl (C=O) groups is 1. The van der Waals surface area contributed by atoms with Crippen molar-refractivity contribution in [1.82, 2.24) is 10.4 Å². The Bertz CT molecular complexity index is 610. The summed E-state index contributed by atoms with van der Waals surface area (Å²) in [5.74, 6) is 0.378. The fraction of sp³-hybridized carbons (Fsp3) is 0.188. The molecule has 1 N–H and O–H groups in total. The normalized spacial score (nSPS) is 20.8. The highest BCUT2D eigenvalue weighted by Gasteiger charge is 2.43. The highest BCUT2D eigenvalue weighted by molar-refractivity contribution is 5.85. The van der Waals surface area contributed by atoms with Crippen molar-refractivity contribution >= 4 is 12.1 Å². The van der Waals surface area contributed by atoms with Gasteiger partial charge >= 0.3 is 0 Å². The second-order valence-electron chi connectivity index (χ2n) is 4.87. The first-order valence-electron chi connectivity index (χ1n) is 6.62. The zero-order valence-electron chi connectivity index (χ0n) is 10.9. The molecule has 0 unspecified atom stereocenters. The van der Waals surface area contributed by atoms with E-state index in [0.717, 1.165) is 12.0 Å². The van der Waals surface area contributed by atoms with Gasteiger partial charge in [0.1, 0.15) is 0 Å². The molecule has 1 aliphatic rings. The number of hydrogen-bond donors (Lipinski definition) is 1. The first-order chi connectivity index (χ1) is 9.84. The van der Waals surface area contributed by atoms with Crippen LogP contribution in [0.5, 0.6) is 0 Å². The molecule has 1 aromatic heterocycles. The van der Waals surface area contributed by atoms with Gasteiger partial charge in [-0.1, -0.05) is 30.3 Å². The Kier molecular flexibility index (Phi) is 3.54. The number of nitrogens with zero attached hydrogens (tertiary/aromatic N) is 2. The summed E-state index contributed by atoms with van der Waals surface area (Å²) in [6.45, 7) is 0. The predicted octanol–water partition coefficient (Wildman–Crippen LogP) is 2.34. The molecule has 0 radical (unpaired) electrons. The number of benzene rings is 1. The maximum Gasteiger partial charge on any atom is 0.243 e. The third-order valence-corrected chi connectivity index (χ3v) is 3.45. The molecule has 1 saturated carbocycles. The number of pyridine rings is 1. The molecule has 0 saturated heterocycles. The van der Waals surface area contributed by atoms with Gasteiger partial charge in [-0.15, -0.1) is 0 Å². The topological polar surface area (TPSA) is 54.4 Å². The summed E-state index contributed by atoms with van der Waals surface area (Å²) in [7, 11) is 0. The van der Waals surface area contributed by atoms with Crippen molar-refractivity contribution in [2.24, 2.45) is 11.0 Å². The standard InChI is InChI=1S/C16H15N3O/c20-16(19-18-11-12-6-8-17-9-7-12)15-10-14(15)13-4-2-1-3-5-13/h1-9,11,14-15H,10H2,(H,19,20)/t14-,15-/m0/s1. The van der Waals surface area contributed by atoms with Gasteiger partial charge < -0.3 is 0 Å². The van der Waals surface area contributed by atoms with Gasteiger partial charge in [-0.05, 0) is 35.6 Å². The van der Waals surface area contributed by atoms with Crippen LogP contribution in [0.15, 0.2) is 60.0 Å². The van der Waals surface area contributed by atoms with Crippen molar-refractivity contribution in [2.75, 3.05) is 0 Å². The summed E-state index contributed by atoms with van der Waals surface area (Å²) in [6.07, 6.45) is 5.91. The highest BCUT2D eigenvalue weighted by atomic mass is 16.2. The molecular formula is C16H15N3O. The number of nitrogens with one attached hydrogen (secondary N) is 1. The van der Waals surface area contributed by atoms with Crippen LogP contribution in [0.2, 0.25) is 0 Å². The van der Waals surface area contributed by atoms with E-state index in [0.29, 0.717) is 5.92 Å². The van der Waals surface area contributed by atoms with E-state index < -0.39 is 0 Å². The molecule has 2 aromatic rings. The minimum Gasteiger partial charge on any atom is -0.273 e. The average Bonchev–Trinajstić information content (AvgIpc) is 3.30. The molecule has 0 bridgehead atoms. The van der Waals surface area contributed by atoms with Crippen LogP contribution in [0.4, 0.5) is 0 Å². The third kappa shape index (κ3) is 2.91. The second-order valence-corrected chi connectivity index (χ2v) is 4.87. The van der Waals surface area contributed by atoms with Crippen LogP contribution < -0.4 is 5.43 Å². The van der Waals surface area contributed by atoms with Crippen molar-refractivity contribution < 1.29 is 4.79 Å². The molecular weight excluding hydrogens is 250 g/mol. The Balaban J connectivity index is 1.53. The van der Waals surface area contributed by atoms with E-state index in [2.05, 4.69) is 27.6 Å². The molecule has 0 spiro atoms. The summed E-state index contributed by atoms with van der Waals surface area (Å²) in [5.41, 5.74) is 4.74. The van der Waals surface area contributed by atoms with Gasteiger partial charge in [-0.2, -0.15) is 5.10 Å². The van der Waals surface area contributed by atoms with Crippen molar-refractivity contribution in [3.63, 3.8) is 0 Å². The van der Waals surface area contributed by atoms with Gasteiger partial charge in [-0.3, -0.25) is 9.78 Å². The van der Waals surface area contributed by atoms with Gasteiger partial charge in [0.2, 0.25) is 5.91 Å². The Morgan fingerprint density at radius 2 is 1.95 bits per heavy atom. The summed E-state index contributed by atoms with van der Waals surface area (Å²) in [5, 5.41) is 3.98. The molecule has 1 amide bonds. The Hall–Kier alpha value is -2.49. The average molecular weight is 265 g/mol. The maximum absolute atomic E-state index is 11.9. The summed E-state index contributed by atoms with van der Waals surface area (Å²) < 4.78 is 0. The highest BCUT2D eigenvalue weighted by Crippen LogP contribution is 2.47. The molecule has 20 heavy (non-hydrogen) atoms. The molecule has 4 nitrogen and oxygen atoms in total. The zero-order chi connectivity index (χ0) is 13.8. The third-order valence-electron chi connectivity index (χ3n) is 3.45. The largest absolute Gasteiger partial charge is 0.273 e. The molecule has 1 heterocycles. The number of rotatable bonds is 4. The number of amides is 1. The smallest absolute Gasteiger partial charge is 0.243 e. The molecule has 1 fully saturated rings. The zero-order valence-corrected chi connectivity index (χ0v) is 10.9. The van der Waals surface area contributed by atoms with Gasteiger partial charge in [0.25, 0.3) is 0 Å². The van der Waals surface area contributed by atoms with Crippen LogP contribution in [0.3, 0.4) is 0 Å². The lowest BCUT2D eigenvalue weighted by Gasteiger charge is -1.99. The van der Waals surface area contributed by atoms with Crippen molar-refractivity contribution in [2.45, 2.75) is 12.3 Å². The van der Waals surface area contributed by atoms with E-state index in [-0.39, 0.29) is 11.8 Å². The van der Waals surface area contributed by atoms with Crippen LogP contribution in [-0.2, 0) is 4.79 Å². The summed E-state index contributed by atoms with van der Waals surface area (Å²) in [6, 6.07) is 13.8. The number of hydrogen-bond acceptors (Lipinski definition) is 3. The molecule has 0 aliphatic heterocycles. The van der Waals surface area contributed by atoms with Gasteiger partial charge in [-0.25, -0.2) is 5.43 Å². The van der Waals surface area contributed by atoms with E-state index >= 15 is 0 Å². The summed E-state index contributed by atoms with van der Waals surface area (Å²) in [4.78, 5) is 15.9. The Morgan fingerprint density at radius 1 is 1.20 bits per heavy atom. The van der Waals surface area contributed by atoms with Crippen LogP contribution in [0, 0.1) is 5.92 Å². The van der Waals surface area contributed by atoms with Crippen LogP contribution in [0.25, 0.3) is 0 Å². The van der Waals surface area contributed by atoms with Crippen LogP contribution >= 0.6 is 0 Å². The van der Waals surface area contributed by atoms with Gasteiger partial charge in [0.15, 0.2) is 0 Å². The van der Waals surface area contributed by atoms with Crippen LogP contribution in [0.1, 0.15) is 23.5 Å². The quantitative estimate of drug-likeness (QED) is 0.681. The van der Waals surface area contributed by atoms with E-state index in [1.807, 2.05) is 30.3 Å². The van der Waals surface area contributed by atoms with Gasteiger partial charge in [0.05, 0.1) is 6.21 Å². The van der Waals surface area contributed by atoms with E-state index in [4.69, 9.17) is 0 Å². The Morgan fingerprint density at radius 3 is 2.70 bits per heavy atom. The minimum atomic E-state index is -0.0100. The molecule has 3 rings (SSSR count). The van der Waals surface area contributed by atoms with E-state index in [1.54, 1.807) is 18.6 Å². The molecule has 1 aliphatic carbocycles. The molecule has 2 atom stereocenters. The lowest BCUT2D eigenvalue weighted by Crippen LogP contribution is -2.20. The maximum atomic E-state index is 11.9. The minimum absolute atomic E-state index is 0.0100. The molecule has 100 valence electrons.